The number of benzene rings is 1. The average Bonchev–Trinajstić information content (AvgIpc) is 2.14. The third-order valence-corrected chi connectivity index (χ3v) is 4.05. The maximum Gasteiger partial charge on any atom is 0.242 e. The van der Waals surface area contributed by atoms with Gasteiger partial charge in [-0.3, -0.25) is 4.72 Å². The summed E-state index contributed by atoms with van der Waals surface area (Å²) in [4.78, 5) is 0. The fraction of sp³-hybridized carbons (Fsp3) is 0.143. The van der Waals surface area contributed by atoms with Crippen LogP contribution in [0.4, 0.5) is 18.9 Å². The molecular weight excluding hydrogens is 299 g/mol. The van der Waals surface area contributed by atoms with E-state index in [1.807, 2.05) is 0 Å². The van der Waals surface area contributed by atoms with Crippen molar-refractivity contribution in [3.05, 3.63) is 29.6 Å². The van der Waals surface area contributed by atoms with Crippen molar-refractivity contribution in [3.8, 4) is 0 Å². The summed E-state index contributed by atoms with van der Waals surface area (Å²) in [6.45, 7) is 0. The van der Waals surface area contributed by atoms with Crippen molar-refractivity contribution in [2.75, 3.05) is 9.38 Å². The summed E-state index contributed by atoms with van der Waals surface area (Å²) in [6.07, 6.45) is 0. The molecule has 1 aromatic rings. The van der Waals surface area contributed by atoms with Gasteiger partial charge in [0, 0.05) is 12.1 Å². The molecule has 3 nitrogen and oxygen atoms in total. The molecule has 0 aromatic heterocycles. The molecule has 15 heavy (non-hydrogen) atoms. The molecule has 84 valence electrons. The lowest BCUT2D eigenvalue weighted by Crippen LogP contribution is -2.14. The van der Waals surface area contributed by atoms with Gasteiger partial charge in [0.1, 0.15) is 10.5 Å². The van der Waals surface area contributed by atoms with Crippen molar-refractivity contribution in [1.29, 1.82) is 0 Å². The molecule has 0 radical (unpaired) electrons. The fourth-order valence-electron chi connectivity index (χ4n) is 0.796. The molecule has 0 bridgehead atoms. The van der Waals surface area contributed by atoms with E-state index in [9.17, 15) is 21.6 Å². The molecule has 1 rings (SSSR count). The van der Waals surface area contributed by atoms with E-state index in [-0.39, 0.29) is 6.07 Å². The lowest BCUT2D eigenvalue weighted by Gasteiger charge is -2.06. The van der Waals surface area contributed by atoms with Crippen LogP contribution in [-0.4, -0.2) is 13.1 Å². The van der Waals surface area contributed by atoms with Gasteiger partial charge in [0.05, 0.1) is 5.69 Å². The Bertz CT molecular complexity index is 477. The topological polar surface area (TPSA) is 46.2 Å². The van der Waals surface area contributed by atoms with Gasteiger partial charge in [-0.2, -0.15) is 0 Å². The second-order valence-corrected chi connectivity index (χ2v) is 5.60. The highest BCUT2D eigenvalue weighted by Crippen LogP contribution is 2.19. The minimum atomic E-state index is -3.79. The normalized spacial score (nSPS) is 11.5. The molecular formula is C7H5BrF3NO2S. The lowest BCUT2D eigenvalue weighted by atomic mass is 10.3. The predicted molar refractivity (Wildman–Crippen MR) is 52.7 cm³/mol. The Morgan fingerprint density at radius 3 is 2.20 bits per heavy atom. The van der Waals surface area contributed by atoms with Crippen LogP contribution < -0.4 is 4.72 Å². The van der Waals surface area contributed by atoms with Gasteiger partial charge in [-0.15, -0.1) is 0 Å². The van der Waals surface area contributed by atoms with Crippen molar-refractivity contribution >= 4 is 31.6 Å². The van der Waals surface area contributed by atoms with Crippen LogP contribution in [0.25, 0.3) is 0 Å². The van der Waals surface area contributed by atoms with E-state index in [0.717, 1.165) is 0 Å². The Labute approximate surface area is 92.5 Å². The summed E-state index contributed by atoms with van der Waals surface area (Å²) in [6, 6.07) is 0.701. The summed E-state index contributed by atoms with van der Waals surface area (Å²) < 4.78 is 61.3. The van der Waals surface area contributed by atoms with E-state index >= 15 is 0 Å². The number of rotatable bonds is 3. The minimum absolute atomic E-state index is 0.265. The quantitative estimate of drug-likeness (QED) is 0.687. The summed E-state index contributed by atoms with van der Waals surface area (Å²) in [5, 5.41) is 0. The first-order chi connectivity index (χ1) is 6.85. The molecule has 0 saturated heterocycles. The molecule has 0 fully saturated rings. The van der Waals surface area contributed by atoms with E-state index in [1.54, 1.807) is 4.72 Å². The van der Waals surface area contributed by atoms with Gasteiger partial charge in [0.15, 0.2) is 11.6 Å². The monoisotopic (exact) mass is 303 g/mol. The summed E-state index contributed by atoms with van der Waals surface area (Å²) >= 11 is 2.65. The van der Waals surface area contributed by atoms with Gasteiger partial charge in [-0.1, -0.05) is 15.9 Å². The molecule has 1 N–H and O–H groups in total. The van der Waals surface area contributed by atoms with E-state index in [1.165, 1.54) is 0 Å². The van der Waals surface area contributed by atoms with Gasteiger partial charge in [0.2, 0.25) is 10.0 Å². The zero-order valence-electron chi connectivity index (χ0n) is 7.10. The zero-order valence-corrected chi connectivity index (χ0v) is 9.50. The zero-order chi connectivity index (χ0) is 11.6. The van der Waals surface area contributed by atoms with Gasteiger partial charge in [0.25, 0.3) is 0 Å². The van der Waals surface area contributed by atoms with Crippen LogP contribution in [0.3, 0.4) is 0 Å². The molecule has 0 amide bonds. The Morgan fingerprint density at radius 2 is 1.67 bits per heavy atom. The van der Waals surface area contributed by atoms with Gasteiger partial charge >= 0.3 is 0 Å². The molecule has 0 unspecified atom stereocenters. The van der Waals surface area contributed by atoms with Crippen LogP contribution in [0.2, 0.25) is 0 Å². The van der Waals surface area contributed by atoms with Crippen molar-refractivity contribution in [1.82, 2.24) is 0 Å². The first-order valence-corrected chi connectivity index (χ1v) is 6.34. The third kappa shape index (κ3) is 3.10. The Hall–Kier alpha value is -0.760. The number of sulfonamides is 1. The highest BCUT2D eigenvalue weighted by molar-refractivity contribution is 9.10. The summed E-state index contributed by atoms with van der Waals surface area (Å²) in [7, 11) is -3.79. The summed E-state index contributed by atoms with van der Waals surface area (Å²) in [5.74, 6) is -3.89. The number of anilines is 1. The number of nitrogens with one attached hydrogen (secondary N) is 1. The molecule has 0 saturated carbocycles. The van der Waals surface area contributed by atoms with E-state index < -0.39 is 37.8 Å². The fourth-order valence-corrected chi connectivity index (χ4v) is 1.69. The van der Waals surface area contributed by atoms with Crippen molar-refractivity contribution < 1.29 is 21.6 Å². The average molecular weight is 304 g/mol. The van der Waals surface area contributed by atoms with Crippen LogP contribution in [0, 0.1) is 17.5 Å². The molecule has 0 heterocycles. The maximum absolute atomic E-state index is 12.9. The first kappa shape index (κ1) is 12.3. The maximum atomic E-state index is 12.9. The molecule has 0 atom stereocenters. The smallest absolute Gasteiger partial charge is 0.242 e. The number of hydrogen-bond acceptors (Lipinski definition) is 2. The molecule has 0 spiro atoms. The van der Waals surface area contributed by atoms with Crippen molar-refractivity contribution in [2.45, 2.75) is 0 Å². The molecule has 0 aliphatic rings. The lowest BCUT2D eigenvalue weighted by molar-refractivity contribution is 0.496. The number of halogens is 4. The van der Waals surface area contributed by atoms with Gasteiger partial charge < -0.3 is 0 Å². The Kier molecular flexibility index (Phi) is 3.61. The largest absolute Gasteiger partial charge is 0.280 e. The Balaban J connectivity index is 3.12. The van der Waals surface area contributed by atoms with Crippen LogP contribution in [0.1, 0.15) is 0 Å². The van der Waals surface area contributed by atoms with Crippen LogP contribution in [0.15, 0.2) is 12.1 Å². The van der Waals surface area contributed by atoms with Crippen LogP contribution in [0.5, 0.6) is 0 Å². The second-order valence-electron chi connectivity index (χ2n) is 2.57. The summed E-state index contributed by atoms with van der Waals surface area (Å²) in [5.41, 5.74) is -0.631. The molecule has 8 heteroatoms. The SMILES string of the molecule is O=S(=O)(CBr)Nc1cc(F)c(F)cc1F. The predicted octanol–water partition coefficient (Wildman–Crippen LogP) is 2.20. The van der Waals surface area contributed by atoms with Crippen molar-refractivity contribution in [3.63, 3.8) is 0 Å². The third-order valence-electron chi connectivity index (χ3n) is 1.42. The number of alkyl halides is 1. The molecule has 1 aromatic carbocycles. The number of hydrogen-bond donors (Lipinski definition) is 1. The highest BCUT2D eigenvalue weighted by Gasteiger charge is 2.14. The van der Waals surface area contributed by atoms with Crippen molar-refractivity contribution in [2.24, 2.45) is 0 Å². The van der Waals surface area contributed by atoms with Gasteiger partial charge in [-0.25, -0.2) is 21.6 Å². The van der Waals surface area contributed by atoms with Crippen LogP contribution >= 0.6 is 15.9 Å². The van der Waals surface area contributed by atoms with E-state index in [4.69, 9.17) is 0 Å². The first-order valence-electron chi connectivity index (χ1n) is 3.57. The molecule has 0 aliphatic heterocycles. The van der Waals surface area contributed by atoms with E-state index in [2.05, 4.69) is 15.9 Å². The molecule has 0 aliphatic carbocycles. The Morgan fingerprint density at radius 1 is 1.13 bits per heavy atom. The minimum Gasteiger partial charge on any atom is -0.280 e. The van der Waals surface area contributed by atoms with Crippen LogP contribution in [-0.2, 0) is 10.0 Å². The van der Waals surface area contributed by atoms with Gasteiger partial charge in [-0.05, 0) is 0 Å². The highest BCUT2D eigenvalue weighted by atomic mass is 79.9. The van der Waals surface area contributed by atoms with E-state index in [0.29, 0.717) is 6.07 Å². The second kappa shape index (κ2) is 4.40. The standard InChI is InChI=1S/C7H5BrF3NO2S/c8-3-15(13,14)12-7-2-5(10)4(9)1-6(7)11/h1-2,12H,3H2.